The van der Waals surface area contributed by atoms with Crippen LogP contribution in [0.4, 0.5) is 0 Å². The van der Waals surface area contributed by atoms with Gasteiger partial charge in [-0.2, -0.15) is 17.4 Å². The monoisotopic (exact) mass is 290 g/mol. The van der Waals surface area contributed by atoms with E-state index >= 15 is 0 Å². The minimum absolute atomic E-state index is 0.232. The highest BCUT2D eigenvalue weighted by Crippen LogP contribution is 2.20. The van der Waals surface area contributed by atoms with Gasteiger partial charge in [-0.05, 0) is 6.42 Å². The Balaban J connectivity index is 2.06. The first-order chi connectivity index (χ1) is 8.63. The number of piperazine rings is 1. The number of nitrogens with one attached hydrogen (secondary N) is 2. The number of hydrogen-bond acceptors (Lipinski definition) is 5. The topological polar surface area (TPSA) is 74.3 Å². The zero-order valence-electron chi connectivity index (χ0n) is 10.3. The molecular formula is C10H18N4O2S2. The van der Waals surface area contributed by atoms with Gasteiger partial charge in [0.25, 0.3) is 10.2 Å². The van der Waals surface area contributed by atoms with Crippen LogP contribution in [0, 0.1) is 0 Å². The molecule has 0 bridgehead atoms. The van der Waals surface area contributed by atoms with Gasteiger partial charge < -0.3 is 5.32 Å². The fourth-order valence-electron chi connectivity index (χ4n) is 1.85. The van der Waals surface area contributed by atoms with Crippen molar-refractivity contribution in [2.45, 2.75) is 19.4 Å². The SMILES string of the molecule is CCC(NS(=O)(=O)N1CCNCC1)c1nccs1. The Bertz CT molecular complexity index is 454. The molecule has 0 aliphatic carbocycles. The predicted molar refractivity (Wildman–Crippen MR) is 71.6 cm³/mol. The van der Waals surface area contributed by atoms with Crippen LogP contribution in [-0.4, -0.2) is 43.9 Å². The third kappa shape index (κ3) is 3.27. The molecule has 1 fully saturated rings. The second-order valence-corrected chi connectivity index (χ2v) is 6.73. The predicted octanol–water partition coefficient (Wildman–Crippen LogP) is 0.334. The maximum absolute atomic E-state index is 12.2. The molecule has 0 radical (unpaired) electrons. The van der Waals surface area contributed by atoms with Gasteiger partial charge in [-0.1, -0.05) is 6.92 Å². The molecule has 102 valence electrons. The van der Waals surface area contributed by atoms with E-state index in [1.807, 2.05) is 12.3 Å². The van der Waals surface area contributed by atoms with E-state index in [-0.39, 0.29) is 6.04 Å². The summed E-state index contributed by atoms with van der Waals surface area (Å²) < 4.78 is 28.6. The average molecular weight is 290 g/mol. The molecule has 2 heterocycles. The number of hydrogen-bond donors (Lipinski definition) is 2. The highest BCUT2D eigenvalue weighted by Gasteiger charge is 2.27. The second-order valence-electron chi connectivity index (χ2n) is 4.10. The van der Waals surface area contributed by atoms with Crippen molar-refractivity contribution in [2.75, 3.05) is 26.2 Å². The van der Waals surface area contributed by atoms with Crippen molar-refractivity contribution in [3.8, 4) is 0 Å². The molecule has 2 N–H and O–H groups in total. The summed E-state index contributed by atoms with van der Waals surface area (Å²) in [6, 6.07) is -0.232. The highest BCUT2D eigenvalue weighted by atomic mass is 32.2. The first kappa shape index (κ1) is 13.9. The molecule has 1 aromatic heterocycles. The first-order valence-corrected chi connectivity index (χ1v) is 8.33. The summed E-state index contributed by atoms with van der Waals surface area (Å²) in [7, 11) is -3.41. The largest absolute Gasteiger partial charge is 0.314 e. The first-order valence-electron chi connectivity index (χ1n) is 6.01. The van der Waals surface area contributed by atoms with Crippen molar-refractivity contribution < 1.29 is 8.42 Å². The molecule has 1 unspecified atom stereocenters. The van der Waals surface area contributed by atoms with E-state index < -0.39 is 10.2 Å². The van der Waals surface area contributed by atoms with Crippen molar-refractivity contribution in [1.29, 1.82) is 0 Å². The van der Waals surface area contributed by atoms with E-state index in [1.165, 1.54) is 15.6 Å². The lowest BCUT2D eigenvalue weighted by molar-refractivity contribution is 0.350. The van der Waals surface area contributed by atoms with Crippen LogP contribution in [0.5, 0.6) is 0 Å². The van der Waals surface area contributed by atoms with Crippen LogP contribution in [0.2, 0.25) is 0 Å². The van der Waals surface area contributed by atoms with Crippen LogP contribution in [0.25, 0.3) is 0 Å². The molecule has 6 nitrogen and oxygen atoms in total. The van der Waals surface area contributed by atoms with E-state index in [4.69, 9.17) is 0 Å². The summed E-state index contributed by atoms with van der Waals surface area (Å²) in [4.78, 5) is 4.18. The molecule has 1 aliphatic rings. The Morgan fingerprint density at radius 3 is 2.83 bits per heavy atom. The van der Waals surface area contributed by atoms with E-state index in [9.17, 15) is 8.42 Å². The Hall–Kier alpha value is -0.540. The zero-order valence-corrected chi connectivity index (χ0v) is 11.9. The van der Waals surface area contributed by atoms with Crippen LogP contribution in [0.1, 0.15) is 24.4 Å². The number of nitrogens with zero attached hydrogens (tertiary/aromatic N) is 2. The quantitative estimate of drug-likeness (QED) is 0.820. The Morgan fingerprint density at radius 2 is 2.28 bits per heavy atom. The lowest BCUT2D eigenvalue weighted by Gasteiger charge is -2.28. The summed E-state index contributed by atoms with van der Waals surface area (Å²) in [6.45, 7) is 4.39. The fraction of sp³-hybridized carbons (Fsp3) is 0.700. The van der Waals surface area contributed by atoms with Gasteiger partial charge in [0, 0.05) is 37.8 Å². The van der Waals surface area contributed by atoms with E-state index in [0.717, 1.165) is 5.01 Å². The molecular weight excluding hydrogens is 272 g/mol. The average Bonchev–Trinajstić information content (AvgIpc) is 2.91. The van der Waals surface area contributed by atoms with E-state index in [1.54, 1.807) is 6.20 Å². The molecule has 1 aliphatic heterocycles. The molecule has 1 saturated heterocycles. The fourth-order valence-corrected chi connectivity index (χ4v) is 4.15. The maximum Gasteiger partial charge on any atom is 0.280 e. The van der Waals surface area contributed by atoms with Gasteiger partial charge >= 0.3 is 0 Å². The molecule has 8 heteroatoms. The number of thiazole rings is 1. The second kappa shape index (κ2) is 6.07. The van der Waals surface area contributed by atoms with Crippen LogP contribution in [-0.2, 0) is 10.2 Å². The van der Waals surface area contributed by atoms with E-state index in [0.29, 0.717) is 32.6 Å². The molecule has 0 amide bonds. The van der Waals surface area contributed by atoms with Gasteiger partial charge in [0.2, 0.25) is 0 Å². The summed E-state index contributed by atoms with van der Waals surface area (Å²) in [5, 5.41) is 5.81. The number of aromatic nitrogens is 1. The lowest BCUT2D eigenvalue weighted by Crippen LogP contribution is -2.51. The molecule has 0 saturated carbocycles. The lowest BCUT2D eigenvalue weighted by atomic mass is 10.3. The molecule has 18 heavy (non-hydrogen) atoms. The molecule has 0 spiro atoms. The Morgan fingerprint density at radius 1 is 1.56 bits per heavy atom. The number of rotatable bonds is 5. The maximum atomic E-state index is 12.2. The normalized spacial score (nSPS) is 19.8. The smallest absolute Gasteiger partial charge is 0.280 e. The van der Waals surface area contributed by atoms with Crippen LogP contribution in [0.15, 0.2) is 11.6 Å². The third-order valence-electron chi connectivity index (χ3n) is 2.86. The van der Waals surface area contributed by atoms with Crippen LogP contribution in [0.3, 0.4) is 0 Å². The molecule has 1 atom stereocenters. The van der Waals surface area contributed by atoms with Gasteiger partial charge in [-0.3, -0.25) is 0 Å². The minimum atomic E-state index is -3.41. The van der Waals surface area contributed by atoms with Crippen molar-refractivity contribution in [3.63, 3.8) is 0 Å². The summed E-state index contributed by atoms with van der Waals surface area (Å²) in [5.41, 5.74) is 0. The van der Waals surface area contributed by atoms with Gasteiger partial charge in [-0.25, -0.2) is 4.98 Å². The Labute approximate surface area is 112 Å². The highest BCUT2D eigenvalue weighted by molar-refractivity contribution is 7.87. The molecule has 2 rings (SSSR count). The van der Waals surface area contributed by atoms with Crippen molar-refractivity contribution in [1.82, 2.24) is 19.3 Å². The van der Waals surface area contributed by atoms with E-state index in [2.05, 4.69) is 15.0 Å². The zero-order chi connectivity index (χ0) is 13.0. The van der Waals surface area contributed by atoms with Crippen molar-refractivity contribution in [2.24, 2.45) is 0 Å². The third-order valence-corrected chi connectivity index (χ3v) is 5.38. The van der Waals surface area contributed by atoms with Gasteiger partial charge in [0.05, 0.1) is 6.04 Å². The minimum Gasteiger partial charge on any atom is -0.314 e. The van der Waals surface area contributed by atoms with Crippen LogP contribution < -0.4 is 10.0 Å². The van der Waals surface area contributed by atoms with Crippen molar-refractivity contribution >= 4 is 21.5 Å². The Kier molecular flexibility index (Phi) is 4.68. The summed E-state index contributed by atoms with van der Waals surface area (Å²) in [6.07, 6.45) is 2.39. The summed E-state index contributed by atoms with van der Waals surface area (Å²) >= 11 is 1.47. The van der Waals surface area contributed by atoms with Gasteiger partial charge in [0.15, 0.2) is 0 Å². The molecule has 0 aromatic carbocycles. The summed E-state index contributed by atoms with van der Waals surface area (Å²) in [5.74, 6) is 0. The molecule has 1 aromatic rings. The standard InChI is InChI=1S/C10H18N4O2S2/c1-2-9(10-12-5-8-17-10)13-18(15,16)14-6-3-11-4-7-14/h5,8-9,11,13H,2-4,6-7H2,1H3. The van der Waals surface area contributed by atoms with Crippen LogP contribution >= 0.6 is 11.3 Å². The van der Waals surface area contributed by atoms with Gasteiger partial charge in [-0.15, -0.1) is 11.3 Å². The van der Waals surface area contributed by atoms with Gasteiger partial charge in [0.1, 0.15) is 5.01 Å². The van der Waals surface area contributed by atoms with Crippen molar-refractivity contribution in [3.05, 3.63) is 16.6 Å².